The highest BCUT2D eigenvalue weighted by Gasteiger charge is 2.41. The first kappa shape index (κ1) is 20.0. The molecule has 4 amide bonds. The summed E-state index contributed by atoms with van der Waals surface area (Å²) in [6.07, 6.45) is 1.31. The number of amides is 4. The fraction of sp³-hybridized carbons (Fsp3) is 0.192. The van der Waals surface area contributed by atoms with Crippen molar-refractivity contribution in [2.75, 3.05) is 11.4 Å². The van der Waals surface area contributed by atoms with Crippen LogP contribution in [-0.4, -0.2) is 35.5 Å². The highest BCUT2D eigenvalue weighted by molar-refractivity contribution is 6.21. The van der Waals surface area contributed by atoms with Gasteiger partial charge in [0.15, 0.2) is 0 Å². The third kappa shape index (κ3) is 3.54. The van der Waals surface area contributed by atoms with Gasteiger partial charge in [-0.15, -0.1) is 0 Å². The smallest absolute Gasteiger partial charge is 0.316 e. The number of imide groups is 1. The summed E-state index contributed by atoms with van der Waals surface area (Å²) in [4.78, 5) is 42.5. The quantitative estimate of drug-likeness (QED) is 0.642. The zero-order valence-corrected chi connectivity index (χ0v) is 17.5. The number of aryl methyl sites for hydroxylation is 1. The number of urea groups is 1. The molecular formula is C26H23N3O3. The first-order chi connectivity index (χ1) is 15.6. The Labute approximate surface area is 186 Å². The van der Waals surface area contributed by atoms with E-state index in [1.807, 2.05) is 54.6 Å². The standard InChI is InChI=1S/C26H23N3O3/c30-24-20-13-5-6-14-21(20)25(31)29(24)23(17-18-9-2-1-3-10-18)27-26(32)28-16-8-12-19-11-4-7-15-22(19)28/h1-7,9-11,13-15,23H,8,12,16-17H2,(H,27,32)/t23-/m0/s1. The maximum Gasteiger partial charge on any atom is 0.323 e. The minimum Gasteiger partial charge on any atom is -0.316 e. The van der Waals surface area contributed by atoms with Crippen LogP contribution in [0.3, 0.4) is 0 Å². The Kier molecular flexibility index (Phi) is 5.19. The van der Waals surface area contributed by atoms with Gasteiger partial charge in [0, 0.05) is 18.7 Å². The lowest BCUT2D eigenvalue weighted by molar-refractivity contribution is 0.0564. The SMILES string of the molecule is O=C(N[C@H](Cc1ccccc1)N1C(=O)c2ccccc2C1=O)N1CCCc2ccccc21. The third-order valence-electron chi connectivity index (χ3n) is 6.05. The zero-order valence-electron chi connectivity index (χ0n) is 17.5. The van der Waals surface area contributed by atoms with E-state index in [0.717, 1.165) is 29.7 Å². The van der Waals surface area contributed by atoms with E-state index in [1.54, 1.807) is 29.2 Å². The van der Waals surface area contributed by atoms with Crippen molar-refractivity contribution in [2.24, 2.45) is 0 Å². The van der Waals surface area contributed by atoms with Crippen LogP contribution in [0.5, 0.6) is 0 Å². The van der Waals surface area contributed by atoms with Crippen molar-refractivity contribution in [3.8, 4) is 0 Å². The lowest BCUT2D eigenvalue weighted by atomic mass is 10.0. The molecule has 0 aliphatic carbocycles. The van der Waals surface area contributed by atoms with Gasteiger partial charge in [0.2, 0.25) is 0 Å². The van der Waals surface area contributed by atoms with Gasteiger partial charge in [0.1, 0.15) is 6.17 Å². The summed E-state index contributed by atoms with van der Waals surface area (Å²) in [5, 5.41) is 2.98. The van der Waals surface area contributed by atoms with Gasteiger partial charge < -0.3 is 5.32 Å². The van der Waals surface area contributed by atoms with Gasteiger partial charge in [0.25, 0.3) is 11.8 Å². The van der Waals surface area contributed by atoms with E-state index in [4.69, 9.17) is 0 Å². The molecule has 0 bridgehead atoms. The molecule has 1 N–H and O–H groups in total. The van der Waals surface area contributed by atoms with E-state index in [1.165, 1.54) is 4.90 Å². The number of rotatable bonds is 4. The Hall–Kier alpha value is -3.93. The molecule has 5 rings (SSSR count). The molecule has 0 saturated carbocycles. The lowest BCUT2D eigenvalue weighted by Crippen LogP contribution is -2.56. The summed E-state index contributed by atoms with van der Waals surface area (Å²) in [6.45, 7) is 0.586. The second-order valence-electron chi connectivity index (χ2n) is 8.06. The van der Waals surface area contributed by atoms with Crippen molar-refractivity contribution in [1.82, 2.24) is 10.2 Å². The van der Waals surface area contributed by atoms with Gasteiger partial charge in [-0.05, 0) is 42.2 Å². The average Bonchev–Trinajstić information content (AvgIpc) is 3.09. The van der Waals surface area contributed by atoms with Crippen LogP contribution < -0.4 is 10.2 Å². The largest absolute Gasteiger partial charge is 0.323 e. The predicted octanol–water partition coefficient (Wildman–Crippen LogP) is 4.01. The minimum atomic E-state index is -0.800. The van der Waals surface area contributed by atoms with Gasteiger partial charge >= 0.3 is 6.03 Å². The van der Waals surface area contributed by atoms with Crippen molar-refractivity contribution in [3.05, 3.63) is 101 Å². The van der Waals surface area contributed by atoms with Gasteiger partial charge in [0.05, 0.1) is 11.1 Å². The summed E-state index contributed by atoms with van der Waals surface area (Å²) in [7, 11) is 0. The molecule has 3 aromatic rings. The summed E-state index contributed by atoms with van der Waals surface area (Å²) in [5.41, 5.74) is 3.65. The number of carbonyl (C=O) groups is 3. The van der Waals surface area contributed by atoms with Crippen LogP contribution in [0.25, 0.3) is 0 Å². The van der Waals surface area contributed by atoms with Crippen molar-refractivity contribution >= 4 is 23.5 Å². The van der Waals surface area contributed by atoms with Crippen molar-refractivity contribution in [3.63, 3.8) is 0 Å². The predicted molar refractivity (Wildman–Crippen MR) is 122 cm³/mol. The molecule has 2 heterocycles. The molecule has 1 atom stereocenters. The molecule has 0 spiro atoms. The maximum atomic E-state index is 13.4. The molecule has 0 saturated heterocycles. The monoisotopic (exact) mass is 425 g/mol. The van der Waals surface area contributed by atoms with Crippen LogP contribution in [0.4, 0.5) is 10.5 Å². The molecule has 6 heteroatoms. The van der Waals surface area contributed by atoms with E-state index < -0.39 is 6.17 Å². The highest BCUT2D eigenvalue weighted by atomic mass is 16.2. The fourth-order valence-electron chi connectivity index (χ4n) is 4.50. The Morgan fingerprint density at radius 1 is 0.844 bits per heavy atom. The normalized spacial score (nSPS) is 15.9. The first-order valence-corrected chi connectivity index (χ1v) is 10.8. The van der Waals surface area contributed by atoms with E-state index >= 15 is 0 Å². The van der Waals surface area contributed by atoms with Gasteiger partial charge in [-0.3, -0.25) is 19.4 Å². The molecule has 0 fully saturated rings. The Balaban J connectivity index is 1.46. The number of benzene rings is 3. The molecule has 2 aliphatic heterocycles. The molecule has 0 radical (unpaired) electrons. The number of nitrogens with one attached hydrogen (secondary N) is 1. The third-order valence-corrected chi connectivity index (χ3v) is 6.05. The van der Waals surface area contributed by atoms with E-state index in [-0.39, 0.29) is 17.8 Å². The van der Waals surface area contributed by atoms with Crippen LogP contribution in [0.15, 0.2) is 78.9 Å². The second-order valence-corrected chi connectivity index (χ2v) is 8.06. The number of nitrogens with zero attached hydrogens (tertiary/aromatic N) is 2. The van der Waals surface area contributed by atoms with Crippen molar-refractivity contribution in [2.45, 2.75) is 25.4 Å². The fourth-order valence-corrected chi connectivity index (χ4v) is 4.50. The summed E-state index contributed by atoms with van der Waals surface area (Å²) < 4.78 is 0. The number of para-hydroxylation sites is 1. The lowest BCUT2D eigenvalue weighted by Gasteiger charge is -2.33. The molecular weight excluding hydrogens is 402 g/mol. The molecule has 3 aromatic carbocycles. The minimum absolute atomic E-state index is 0.311. The first-order valence-electron chi connectivity index (χ1n) is 10.8. The molecule has 0 unspecified atom stereocenters. The topological polar surface area (TPSA) is 69.7 Å². The summed E-state index contributed by atoms with van der Waals surface area (Å²) >= 11 is 0. The van der Waals surface area contributed by atoms with Crippen LogP contribution in [-0.2, 0) is 12.8 Å². The van der Waals surface area contributed by atoms with Gasteiger partial charge in [-0.2, -0.15) is 0 Å². The molecule has 160 valence electrons. The van der Waals surface area contributed by atoms with E-state index in [2.05, 4.69) is 5.32 Å². The number of carbonyl (C=O) groups excluding carboxylic acids is 3. The van der Waals surface area contributed by atoms with Crippen LogP contribution in [0, 0.1) is 0 Å². The molecule has 0 aromatic heterocycles. The van der Waals surface area contributed by atoms with Crippen LogP contribution in [0.2, 0.25) is 0 Å². The summed E-state index contributed by atoms with van der Waals surface area (Å²) in [5.74, 6) is -0.767. The van der Waals surface area contributed by atoms with Gasteiger partial charge in [-0.1, -0.05) is 60.7 Å². The van der Waals surface area contributed by atoms with E-state index in [9.17, 15) is 14.4 Å². The summed E-state index contributed by atoms with van der Waals surface area (Å²) in [6, 6.07) is 23.9. The maximum absolute atomic E-state index is 13.4. The van der Waals surface area contributed by atoms with Gasteiger partial charge in [-0.25, -0.2) is 4.79 Å². The Bertz CT molecular complexity index is 1160. The van der Waals surface area contributed by atoms with Crippen molar-refractivity contribution < 1.29 is 14.4 Å². The molecule has 2 aliphatic rings. The number of hydrogen-bond donors (Lipinski definition) is 1. The molecule has 6 nitrogen and oxygen atoms in total. The number of anilines is 1. The number of hydrogen-bond acceptors (Lipinski definition) is 3. The second kappa shape index (κ2) is 8.30. The Morgan fingerprint density at radius 2 is 1.47 bits per heavy atom. The van der Waals surface area contributed by atoms with Crippen LogP contribution in [0.1, 0.15) is 38.3 Å². The number of fused-ring (bicyclic) bond motifs is 2. The van der Waals surface area contributed by atoms with E-state index in [0.29, 0.717) is 24.1 Å². The van der Waals surface area contributed by atoms with Crippen LogP contribution >= 0.6 is 0 Å². The van der Waals surface area contributed by atoms with Crippen molar-refractivity contribution in [1.29, 1.82) is 0 Å². The Morgan fingerprint density at radius 3 is 2.19 bits per heavy atom. The average molecular weight is 425 g/mol. The molecule has 32 heavy (non-hydrogen) atoms. The highest BCUT2D eigenvalue weighted by Crippen LogP contribution is 2.28. The zero-order chi connectivity index (χ0) is 22.1.